The maximum Gasteiger partial charge on any atom is 0.260 e. The smallest absolute Gasteiger partial charge is 0.260 e. The van der Waals surface area contributed by atoms with Gasteiger partial charge in [-0.15, -0.1) is 0 Å². The lowest BCUT2D eigenvalue weighted by Crippen LogP contribution is -2.32. The van der Waals surface area contributed by atoms with E-state index in [1.807, 2.05) is 0 Å². The van der Waals surface area contributed by atoms with E-state index in [1.165, 1.54) is 24.8 Å². The molecule has 5 heteroatoms. The van der Waals surface area contributed by atoms with Crippen LogP contribution in [0.5, 0.6) is 11.5 Å². The lowest BCUT2D eigenvalue weighted by molar-refractivity contribution is 0.0986. The minimum atomic E-state index is -0.175. The normalized spacial score (nSPS) is 14.5. The zero-order valence-corrected chi connectivity index (χ0v) is 20.4. The lowest BCUT2D eigenvalue weighted by atomic mass is 9.98. The third kappa shape index (κ3) is 6.53. The maximum atomic E-state index is 13.4. The second-order valence-corrected chi connectivity index (χ2v) is 9.79. The first-order valence-electron chi connectivity index (χ1n) is 12.2. The summed E-state index contributed by atoms with van der Waals surface area (Å²) in [6, 6.07) is 9.89. The van der Waals surface area contributed by atoms with Crippen molar-refractivity contribution >= 4 is 23.0 Å². The van der Waals surface area contributed by atoms with Gasteiger partial charge in [-0.05, 0) is 75.1 Å². The molecule has 1 aliphatic rings. The molecule has 0 aromatic heterocycles. The average molecular weight is 451 g/mol. The number of hydrogen-bond acceptors (Lipinski definition) is 4. The largest absolute Gasteiger partial charge is 0.508 e. The Kier molecular flexibility index (Phi) is 8.43. The Morgan fingerprint density at radius 1 is 1.09 bits per heavy atom. The summed E-state index contributed by atoms with van der Waals surface area (Å²) in [5, 5.41) is 23.6. The predicted molar refractivity (Wildman–Crippen MR) is 137 cm³/mol. The van der Waals surface area contributed by atoms with Crippen LogP contribution in [0.1, 0.15) is 76.6 Å². The molecule has 0 fully saturated rings. The van der Waals surface area contributed by atoms with Crippen LogP contribution in [0, 0.1) is 11.8 Å². The first-order valence-corrected chi connectivity index (χ1v) is 12.2. The highest BCUT2D eigenvalue weighted by atomic mass is 16.3. The third-order valence-electron chi connectivity index (χ3n) is 6.40. The van der Waals surface area contributed by atoms with Gasteiger partial charge in [0, 0.05) is 12.6 Å². The van der Waals surface area contributed by atoms with Gasteiger partial charge >= 0.3 is 0 Å². The number of phenols is 2. The van der Waals surface area contributed by atoms with Crippen molar-refractivity contribution in [3.8, 4) is 11.5 Å². The summed E-state index contributed by atoms with van der Waals surface area (Å²) in [6.45, 7) is 9.54. The van der Waals surface area contributed by atoms with Gasteiger partial charge < -0.3 is 20.4 Å². The van der Waals surface area contributed by atoms with E-state index in [0.717, 1.165) is 25.2 Å². The van der Waals surface area contributed by atoms with E-state index in [9.17, 15) is 15.0 Å². The standard InChI is InChI=1S/C28H38N2O3/c1-19(2)8-5-9-20(3)10-6-11-21(4)16-17-30-25-18-22(31)14-15-24(25)29-27-23(28(30)33)12-7-13-26(27)32/h7,10,12-15,18-19,21,29,31-32H,5-6,8-9,11,16-17H2,1-4H3/b20-10+. The van der Waals surface area contributed by atoms with Crippen molar-refractivity contribution in [2.45, 2.75) is 66.2 Å². The van der Waals surface area contributed by atoms with E-state index < -0.39 is 0 Å². The first-order chi connectivity index (χ1) is 15.8. The zero-order chi connectivity index (χ0) is 24.0. The highest BCUT2D eigenvalue weighted by molar-refractivity contribution is 6.14. The molecule has 1 atom stereocenters. The molecule has 0 spiro atoms. The molecule has 178 valence electrons. The molecular weight excluding hydrogens is 412 g/mol. The van der Waals surface area contributed by atoms with Crippen molar-refractivity contribution in [2.24, 2.45) is 11.8 Å². The predicted octanol–water partition coefficient (Wildman–Crippen LogP) is 7.38. The minimum Gasteiger partial charge on any atom is -0.508 e. The molecule has 0 radical (unpaired) electrons. The number of phenolic OH excluding ortho intramolecular Hbond substituents is 2. The molecule has 1 amide bonds. The number of rotatable bonds is 10. The molecule has 2 aromatic carbocycles. The van der Waals surface area contributed by atoms with Crippen molar-refractivity contribution < 1.29 is 15.0 Å². The number of hydrogen-bond donors (Lipinski definition) is 3. The Bertz CT molecular complexity index is 997. The fourth-order valence-corrected chi connectivity index (χ4v) is 4.31. The molecule has 1 heterocycles. The topological polar surface area (TPSA) is 72.8 Å². The fraction of sp³-hybridized carbons (Fsp3) is 0.464. The Morgan fingerprint density at radius 3 is 2.64 bits per heavy atom. The summed E-state index contributed by atoms with van der Waals surface area (Å²) in [7, 11) is 0. The van der Waals surface area contributed by atoms with Gasteiger partial charge in [0.2, 0.25) is 0 Å². The number of fused-ring (bicyclic) bond motifs is 2. The average Bonchev–Trinajstić information content (AvgIpc) is 2.87. The van der Waals surface area contributed by atoms with Gasteiger partial charge in [-0.25, -0.2) is 0 Å². The molecule has 33 heavy (non-hydrogen) atoms. The fourth-order valence-electron chi connectivity index (χ4n) is 4.31. The Hall–Kier alpha value is -2.95. The summed E-state index contributed by atoms with van der Waals surface area (Å²) in [5.74, 6) is 1.18. The van der Waals surface area contributed by atoms with Crippen LogP contribution in [-0.2, 0) is 0 Å². The third-order valence-corrected chi connectivity index (χ3v) is 6.40. The Morgan fingerprint density at radius 2 is 1.88 bits per heavy atom. The molecule has 0 saturated carbocycles. The van der Waals surface area contributed by atoms with Crippen molar-refractivity contribution in [1.82, 2.24) is 0 Å². The second kappa shape index (κ2) is 11.3. The Labute approximate surface area is 198 Å². The molecule has 3 N–H and O–H groups in total. The highest BCUT2D eigenvalue weighted by Crippen LogP contribution is 2.41. The van der Waals surface area contributed by atoms with E-state index in [-0.39, 0.29) is 17.4 Å². The minimum absolute atomic E-state index is 0.0330. The van der Waals surface area contributed by atoms with Gasteiger partial charge in [-0.2, -0.15) is 0 Å². The zero-order valence-electron chi connectivity index (χ0n) is 20.4. The van der Waals surface area contributed by atoms with Crippen molar-refractivity contribution in [3.63, 3.8) is 0 Å². The molecule has 0 saturated heterocycles. The van der Waals surface area contributed by atoms with Crippen LogP contribution in [0.25, 0.3) is 0 Å². The molecular formula is C28H38N2O3. The molecule has 3 rings (SSSR count). The maximum absolute atomic E-state index is 13.4. The molecule has 0 aliphatic carbocycles. The first kappa shape index (κ1) is 24.7. The number of para-hydroxylation sites is 1. The van der Waals surface area contributed by atoms with Gasteiger partial charge in [-0.1, -0.05) is 44.9 Å². The van der Waals surface area contributed by atoms with Gasteiger partial charge in [0.1, 0.15) is 11.5 Å². The molecule has 0 bridgehead atoms. The van der Waals surface area contributed by atoms with Crippen molar-refractivity contribution in [1.29, 1.82) is 0 Å². The summed E-state index contributed by atoms with van der Waals surface area (Å²) >= 11 is 0. The number of benzene rings is 2. The van der Waals surface area contributed by atoms with Crippen molar-refractivity contribution in [2.75, 3.05) is 16.8 Å². The lowest BCUT2D eigenvalue weighted by Gasteiger charge is -2.24. The molecule has 1 aliphatic heterocycles. The summed E-state index contributed by atoms with van der Waals surface area (Å²) < 4.78 is 0. The molecule has 1 unspecified atom stereocenters. The van der Waals surface area contributed by atoms with Crippen LogP contribution in [0.15, 0.2) is 48.0 Å². The van der Waals surface area contributed by atoms with E-state index in [2.05, 4.69) is 39.1 Å². The van der Waals surface area contributed by atoms with Gasteiger partial charge in [0.25, 0.3) is 5.91 Å². The monoisotopic (exact) mass is 450 g/mol. The Balaban J connectivity index is 1.66. The van der Waals surface area contributed by atoms with Crippen LogP contribution in [0.2, 0.25) is 0 Å². The van der Waals surface area contributed by atoms with Crippen LogP contribution in [0.3, 0.4) is 0 Å². The van der Waals surface area contributed by atoms with E-state index in [0.29, 0.717) is 35.1 Å². The number of carbonyl (C=O) groups is 1. The molecule has 2 aromatic rings. The van der Waals surface area contributed by atoms with Crippen molar-refractivity contribution in [3.05, 3.63) is 53.6 Å². The van der Waals surface area contributed by atoms with Crippen LogP contribution in [-0.4, -0.2) is 22.7 Å². The van der Waals surface area contributed by atoms with Gasteiger partial charge in [-0.3, -0.25) is 4.79 Å². The summed E-state index contributed by atoms with van der Waals surface area (Å²) in [5.41, 5.74) is 3.62. The van der Waals surface area contributed by atoms with Gasteiger partial charge in [0.15, 0.2) is 0 Å². The van der Waals surface area contributed by atoms with Crippen LogP contribution < -0.4 is 10.2 Å². The quantitative estimate of drug-likeness (QED) is 0.201. The number of anilines is 3. The van der Waals surface area contributed by atoms with E-state index >= 15 is 0 Å². The molecule has 5 nitrogen and oxygen atoms in total. The number of nitrogens with one attached hydrogen (secondary N) is 1. The number of nitrogens with zero attached hydrogens (tertiary/aromatic N) is 1. The number of amides is 1. The van der Waals surface area contributed by atoms with Crippen LogP contribution >= 0.6 is 0 Å². The number of allylic oxidation sites excluding steroid dienone is 2. The van der Waals surface area contributed by atoms with E-state index in [1.54, 1.807) is 41.3 Å². The second-order valence-electron chi connectivity index (χ2n) is 9.79. The summed E-state index contributed by atoms with van der Waals surface area (Å²) in [4.78, 5) is 15.1. The van der Waals surface area contributed by atoms with Gasteiger partial charge in [0.05, 0.1) is 22.6 Å². The number of carbonyl (C=O) groups excluding carboxylic acids is 1. The highest BCUT2D eigenvalue weighted by Gasteiger charge is 2.28. The number of aromatic hydroxyl groups is 2. The van der Waals surface area contributed by atoms with Crippen LogP contribution in [0.4, 0.5) is 17.1 Å². The van der Waals surface area contributed by atoms with E-state index in [4.69, 9.17) is 0 Å². The SMILES string of the molecule is C/C(=C\CCC(C)CCN1C(=O)c2cccc(O)c2Nc2ccc(O)cc21)CCCC(C)C. The summed E-state index contributed by atoms with van der Waals surface area (Å²) in [6.07, 6.45) is 9.06.